The predicted octanol–water partition coefficient (Wildman–Crippen LogP) is 1.46. The molecule has 0 bridgehead atoms. The number of halogens is 2. The van der Waals surface area contributed by atoms with Gasteiger partial charge in [0, 0.05) is 30.3 Å². The summed E-state index contributed by atoms with van der Waals surface area (Å²) in [7, 11) is 0. The van der Waals surface area contributed by atoms with E-state index in [4.69, 9.17) is 0 Å². The van der Waals surface area contributed by atoms with Gasteiger partial charge in [0.15, 0.2) is 0 Å². The maximum Gasteiger partial charge on any atom is 0.255 e. The van der Waals surface area contributed by atoms with Crippen LogP contribution in [0.5, 0.6) is 0 Å². The standard InChI is InChI=1S/C18H22N4O3.2ClH/c23-16-4-3-15(17(24)21-16)22-10-11-1-2-13(9-14(11)18(22)25)20-12-5-7-19-8-6-12;;/h1-2,9,12,15,19-20H,3-8,10H2,(H,21,23,24);2*1H. The van der Waals surface area contributed by atoms with Gasteiger partial charge in [-0.05, 0) is 50.0 Å². The van der Waals surface area contributed by atoms with Gasteiger partial charge < -0.3 is 15.5 Å². The highest BCUT2D eigenvalue weighted by atomic mass is 35.5. The minimum Gasteiger partial charge on any atom is -0.382 e. The highest BCUT2D eigenvalue weighted by molar-refractivity contribution is 6.05. The maximum absolute atomic E-state index is 12.8. The Balaban J connectivity index is 0.00000131. The molecule has 1 aromatic rings. The largest absolute Gasteiger partial charge is 0.382 e. The fourth-order valence-corrected chi connectivity index (χ4v) is 3.85. The van der Waals surface area contributed by atoms with Gasteiger partial charge in [-0.2, -0.15) is 0 Å². The first-order chi connectivity index (χ1) is 12.1. The first-order valence-corrected chi connectivity index (χ1v) is 8.86. The molecule has 0 saturated carbocycles. The van der Waals surface area contributed by atoms with Crippen molar-refractivity contribution in [3.05, 3.63) is 29.3 Å². The average molecular weight is 415 g/mol. The number of fused-ring (bicyclic) bond motifs is 1. The summed E-state index contributed by atoms with van der Waals surface area (Å²) in [5, 5.41) is 9.17. The maximum atomic E-state index is 12.8. The molecule has 2 saturated heterocycles. The number of benzene rings is 1. The fourth-order valence-electron chi connectivity index (χ4n) is 3.85. The van der Waals surface area contributed by atoms with Crippen LogP contribution in [0.3, 0.4) is 0 Å². The summed E-state index contributed by atoms with van der Waals surface area (Å²) >= 11 is 0. The zero-order chi connectivity index (χ0) is 17.4. The molecule has 2 fully saturated rings. The Hall–Kier alpha value is -1.83. The zero-order valence-electron chi connectivity index (χ0n) is 14.8. The van der Waals surface area contributed by atoms with Crippen LogP contribution in [-0.2, 0) is 16.1 Å². The van der Waals surface area contributed by atoms with Crippen molar-refractivity contribution in [3.63, 3.8) is 0 Å². The van der Waals surface area contributed by atoms with Crippen molar-refractivity contribution in [2.45, 2.75) is 44.3 Å². The minimum atomic E-state index is -0.557. The Morgan fingerprint density at radius 3 is 2.48 bits per heavy atom. The lowest BCUT2D eigenvalue weighted by atomic mass is 10.0. The van der Waals surface area contributed by atoms with Gasteiger partial charge in [-0.25, -0.2) is 0 Å². The van der Waals surface area contributed by atoms with Crippen molar-refractivity contribution in [1.82, 2.24) is 15.5 Å². The van der Waals surface area contributed by atoms with E-state index in [0.717, 1.165) is 37.2 Å². The number of imide groups is 1. The quantitative estimate of drug-likeness (QED) is 0.651. The molecule has 1 aromatic carbocycles. The molecule has 0 aromatic heterocycles. The molecule has 9 heteroatoms. The minimum absolute atomic E-state index is 0. The molecule has 7 nitrogen and oxygen atoms in total. The Bertz CT molecular complexity index is 737. The monoisotopic (exact) mass is 414 g/mol. The molecule has 1 atom stereocenters. The summed E-state index contributed by atoms with van der Waals surface area (Å²) in [4.78, 5) is 37.8. The molecule has 3 N–H and O–H groups in total. The molecule has 0 aliphatic carbocycles. The molecule has 148 valence electrons. The van der Waals surface area contributed by atoms with Crippen molar-refractivity contribution >= 4 is 48.2 Å². The van der Waals surface area contributed by atoms with Crippen LogP contribution in [0.15, 0.2) is 18.2 Å². The summed E-state index contributed by atoms with van der Waals surface area (Å²) in [6, 6.07) is 5.72. The van der Waals surface area contributed by atoms with Crippen LogP contribution >= 0.6 is 24.8 Å². The van der Waals surface area contributed by atoms with Crippen LogP contribution in [-0.4, -0.2) is 47.8 Å². The molecule has 1 unspecified atom stereocenters. The van der Waals surface area contributed by atoms with Crippen LogP contribution in [0.2, 0.25) is 0 Å². The number of nitrogens with one attached hydrogen (secondary N) is 3. The van der Waals surface area contributed by atoms with Crippen LogP contribution in [0.25, 0.3) is 0 Å². The summed E-state index contributed by atoms with van der Waals surface area (Å²) in [5.74, 6) is -0.761. The van der Waals surface area contributed by atoms with Crippen molar-refractivity contribution in [2.75, 3.05) is 18.4 Å². The first-order valence-electron chi connectivity index (χ1n) is 8.86. The van der Waals surface area contributed by atoms with E-state index in [1.807, 2.05) is 18.2 Å². The highest BCUT2D eigenvalue weighted by Gasteiger charge is 2.39. The molecule has 3 aliphatic rings. The lowest BCUT2D eigenvalue weighted by Crippen LogP contribution is -2.52. The van der Waals surface area contributed by atoms with Gasteiger partial charge in [-0.15, -0.1) is 24.8 Å². The van der Waals surface area contributed by atoms with Gasteiger partial charge in [-0.1, -0.05) is 6.07 Å². The third-order valence-corrected chi connectivity index (χ3v) is 5.24. The molecule has 0 spiro atoms. The van der Waals surface area contributed by atoms with Crippen LogP contribution in [0.1, 0.15) is 41.6 Å². The van der Waals surface area contributed by atoms with Crippen LogP contribution in [0.4, 0.5) is 5.69 Å². The van der Waals surface area contributed by atoms with Gasteiger partial charge in [0.1, 0.15) is 6.04 Å². The number of piperidine rings is 2. The van der Waals surface area contributed by atoms with Gasteiger partial charge >= 0.3 is 0 Å². The molecule has 3 heterocycles. The molecular formula is C18H24Cl2N4O3. The lowest BCUT2D eigenvalue weighted by molar-refractivity contribution is -0.136. The van der Waals surface area contributed by atoms with Crippen molar-refractivity contribution < 1.29 is 14.4 Å². The first kappa shape index (κ1) is 21.5. The number of hydrogen-bond donors (Lipinski definition) is 3. The Morgan fingerprint density at radius 2 is 1.78 bits per heavy atom. The predicted molar refractivity (Wildman–Crippen MR) is 106 cm³/mol. The summed E-state index contributed by atoms with van der Waals surface area (Å²) in [6.07, 6.45) is 2.80. The number of rotatable bonds is 3. The van der Waals surface area contributed by atoms with Crippen molar-refractivity contribution in [2.24, 2.45) is 0 Å². The third kappa shape index (κ3) is 4.36. The highest BCUT2D eigenvalue weighted by Crippen LogP contribution is 2.29. The van der Waals surface area contributed by atoms with E-state index in [0.29, 0.717) is 24.6 Å². The van der Waals surface area contributed by atoms with E-state index >= 15 is 0 Å². The second-order valence-corrected chi connectivity index (χ2v) is 6.94. The number of nitrogens with zero attached hydrogens (tertiary/aromatic N) is 1. The fraction of sp³-hybridized carbons (Fsp3) is 0.500. The van der Waals surface area contributed by atoms with Gasteiger partial charge in [0.25, 0.3) is 5.91 Å². The molecule has 0 radical (unpaired) electrons. The molecule has 27 heavy (non-hydrogen) atoms. The molecule has 3 aliphatic heterocycles. The van der Waals surface area contributed by atoms with Crippen molar-refractivity contribution in [3.8, 4) is 0 Å². The number of anilines is 1. The van der Waals surface area contributed by atoms with Gasteiger partial charge in [0.2, 0.25) is 11.8 Å². The Kier molecular flexibility index (Phi) is 7.08. The molecular weight excluding hydrogens is 391 g/mol. The second kappa shape index (κ2) is 8.91. The van der Waals surface area contributed by atoms with Crippen LogP contribution in [0, 0.1) is 0 Å². The van der Waals surface area contributed by atoms with E-state index in [1.165, 1.54) is 0 Å². The SMILES string of the molecule is Cl.Cl.O=C1CCC(N2Cc3ccc(NC4CCNCC4)cc3C2=O)C(=O)N1. The average Bonchev–Trinajstić information content (AvgIpc) is 2.92. The Morgan fingerprint density at radius 1 is 1.04 bits per heavy atom. The number of carbonyl (C=O) groups excluding carboxylic acids is 3. The summed E-state index contributed by atoms with van der Waals surface area (Å²) in [5.41, 5.74) is 2.54. The van der Waals surface area contributed by atoms with Gasteiger partial charge in [0.05, 0.1) is 0 Å². The van der Waals surface area contributed by atoms with Crippen molar-refractivity contribution in [1.29, 1.82) is 0 Å². The topological polar surface area (TPSA) is 90.5 Å². The third-order valence-electron chi connectivity index (χ3n) is 5.24. The van der Waals surface area contributed by atoms with E-state index in [-0.39, 0.29) is 49.0 Å². The molecule has 3 amide bonds. The normalized spacial score (nSPS) is 22.4. The second-order valence-electron chi connectivity index (χ2n) is 6.94. The van der Waals surface area contributed by atoms with E-state index in [1.54, 1.807) is 4.90 Å². The number of amides is 3. The number of carbonyl (C=O) groups is 3. The smallest absolute Gasteiger partial charge is 0.255 e. The van der Waals surface area contributed by atoms with E-state index in [9.17, 15) is 14.4 Å². The summed E-state index contributed by atoms with van der Waals surface area (Å²) < 4.78 is 0. The van der Waals surface area contributed by atoms with Crippen LogP contribution < -0.4 is 16.0 Å². The summed E-state index contributed by atoms with van der Waals surface area (Å²) in [6.45, 7) is 2.43. The molecule has 4 rings (SSSR count). The van der Waals surface area contributed by atoms with E-state index in [2.05, 4.69) is 16.0 Å². The van der Waals surface area contributed by atoms with Gasteiger partial charge in [-0.3, -0.25) is 19.7 Å². The van der Waals surface area contributed by atoms with E-state index < -0.39 is 6.04 Å². The zero-order valence-corrected chi connectivity index (χ0v) is 16.5. The Labute approximate surface area is 170 Å². The number of hydrogen-bond acceptors (Lipinski definition) is 5. The lowest BCUT2D eigenvalue weighted by Gasteiger charge is -2.29.